The lowest BCUT2D eigenvalue weighted by atomic mass is 9.85. The van der Waals surface area contributed by atoms with Crippen LogP contribution in [0.15, 0.2) is 90.5 Å². The van der Waals surface area contributed by atoms with Crippen molar-refractivity contribution >= 4 is 67.0 Å². The SMILES string of the molecule is CCCCCCCCCCCCn1c2ccc(-c3ccc(/C=C(\C#N)C(=O)O)s3)cc2c2cc(-n3c4ccc(C(C)(C)C)cc4c4cc(C(C)(C)C)ccc43)ccc21. The fraction of sp³-hybridized carbons (Fsp3) is 0.385. The topological polar surface area (TPSA) is 70.9 Å². The van der Waals surface area contributed by atoms with Crippen molar-refractivity contribution in [2.75, 3.05) is 0 Å². The number of carboxylic acids is 1. The number of nitriles is 1. The van der Waals surface area contributed by atoms with Gasteiger partial charge in [-0.3, -0.25) is 0 Å². The van der Waals surface area contributed by atoms with Crippen molar-refractivity contribution in [1.29, 1.82) is 5.26 Å². The summed E-state index contributed by atoms with van der Waals surface area (Å²) in [6.07, 6.45) is 14.5. The normalized spacial score (nSPS) is 12.7. The number of carbonyl (C=O) groups is 1. The molecule has 0 spiro atoms. The highest BCUT2D eigenvalue weighted by Crippen LogP contribution is 2.40. The standard InChI is InChI=1S/C52H59N3O2S/c1-8-9-10-11-12-13-14-15-16-17-28-54-45-23-18-35(49-27-22-40(58-49)29-36(34-53)50(56)57)30-41(45)44-33-39(21-26-46(44)54)55-47-24-19-37(51(2,3)4)31-42(47)43-32-38(52(5,6)7)20-25-48(43)55/h18-27,29-33H,8-17,28H2,1-7H3,(H,56,57)/b36-29+. The van der Waals surface area contributed by atoms with E-state index in [0.29, 0.717) is 0 Å². The monoisotopic (exact) mass is 789 g/mol. The largest absolute Gasteiger partial charge is 0.477 e. The first-order valence-corrected chi connectivity index (χ1v) is 22.2. The molecule has 6 heteroatoms. The summed E-state index contributed by atoms with van der Waals surface area (Å²) in [6.45, 7) is 17.0. The molecule has 7 rings (SSSR count). The van der Waals surface area contributed by atoms with Crippen molar-refractivity contribution in [3.8, 4) is 22.2 Å². The van der Waals surface area contributed by atoms with E-state index in [9.17, 15) is 15.2 Å². The van der Waals surface area contributed by atoms with Gasteiger partial charge in [0, 0.05) is 54.6 Å². The number of aliphatic carboxylic acids is 1. The predicted octanol–water partition coefficient (Wildman–Crippen LogP) is 15.1. The Labute approximate surface area is 348 Å². The molecular formula is C52H59N3O2S. The van der Waals surface area contributed by atoms with Crippen LogP contribution in [0.1, 0.15) is 129 Å². The number of aromatic nitrogens is 2. The second-order valence-corrected chi connectivity index (χ2v) is 19.4. The Morgan fingerprint density at radius 2 is 1.17 bits per heavy atom. The number of fused-ring (bicyclic) bond motifs is 6. The zero-order chi connectivity index (χ0) is 41.2. The van der Waals surface area contributed by atoms with Crippen molar-refractivity contribution in [2.45, 2.75) is 130 Å². The molecule has 0 aliphatic carbocycles. The summed E-state index contributed by atoms with van der Waals surface area (Å²) in [4.78, 5) is 13.3. The van der Waals surface area contributed by atoms with Crippen LogP contribution >= 0.6 is 11.3 Å². The van der Waals surface area contributed by atoms with E-state index >= 15 is 0 Å². The van der Waals surface area contributed by atoms with Crippen molar-refractivity contribution in [3.05, 3.63) is 107 Å². The van der Waals surface area contributed by atoms with E-state index in [2.05, 4.69) is 130 Å². The molecule has 300 valence electrons. The van der Waals surface area contributed by atoms with Crippen molar-refractivity contribution < 1.29 is 9.90 Å². The summed E-state index contributed by atoms with van der Waals surface area (Å²) < 4.78 is 4.97. The number of thiophene rings is 1. The molecule has 3 aromatic heterocycles. The van der Waals surface area contributed by atoms with Gasteiger partial charge in [0.15, 0.2) is 0 Å². The highest BCUT2D eigenvalue weighted by Gasteiger charge is 2.22. The van der Waals surface area contributed by atoms with E-state index in [0.717, 1.165) is 34.0 Å². The van der Waals surface area contributed by atoms with Gasteiger partial charge in [0.2, 0.25) is 0 Å². The maximum Gasteiger partial charge on any atom is 0.346 e. The van der Waals surface area contributed by atoms with E-state index in [1.165, 1.54) is 130 Å². The van der Waals surface area contributed by atoms with Crippen LogP contribution in [0.25, 0.3) is 65.8 Å². The minimum atomic E-state index is -1.21. The zero-order valence-corrected chi connectivity index (χ0v) is 36.4. The van der Waals surface area contributed by atoms with Crippen LogP contribution in [0.3, 0.4) is 0 Å². The Bertz CT molecular complexity index is 2610. The van der Waals surface area contributed by atoms with Crippen molar-refractivity contribution in [1.82, 2.24) is 9.13 Å². The summed E-state index contributed by atoms with van der Waals surface area (Å²) >= 11 is 1.50. The molecule has 58 heavy (non-hydrogen) atoms. The summed E-state index contributed by atoms with van der Waals surface area (Å²) in [6, 6.07) is 33.5. The van der Waals surface area contributed by atoms with Crippen LogP contribution in [0.5, 0.6) is 0 Å². The first-order valence-electron chi connectivity index (χ1n) is 21.4. The van der Waals surface area contributed by atoms with E-state index in [1.807, 2.05) is 12.1 Å². The lowest BCUT2D eigenvalue weighted by molar-refractivity contribution is -0.132. The number of benzene rings is 4. The van der Waals surface area contributed by atoms with Gasteiger partial charge in [-0.1, -0.05) is 124 Å². The fourth-order valence-corrected chi connectivity index (χ4v) is 9.43. The van der Waals surface area contributed by atoms with Crippen LogP contribution < -0.4 is 0 Å². The van der Waals surface area contributed by atoms with Gasteiger partial charge in [-0.15, -0.1) is 11.3 Å². The van der Waals surface area contributed by atoms with Gasteiger partial charge in [0.05, 0.1) is 11.0 Å². The third-order valence-corrected chi connectivity index (χ3v) is 13.0. The first kappa shape index (κ1) is 41.1. The van der Waals surface area contributed by atoms with Gasteiger partial charge < -0.3 is 14.2 Å². The maximum absolute atomic E-state index is 11.5. The molecule has 0 saturated carbocycles. The minimum absolute atomic E-state index is 0.0326. The van der Waals surface area contributed by atoms with Crippen LogP contribution in [-0.4, -0.2) is 20.2 Å². The average Bonchev–Trinajstić information content (AvgIpc) is 3.88. The molecule has 0 atom stereocenters. The molecule has 4 aromatic carbocycles. The Kier molecular flexibility index (Phi) is 12.0. The van der Waals surface area contributed by atoms with Crippen LogP contribution in [-0.2, 0) is 22.2 Å². The summed E-state index contributed by atoms with van der Waals surface area (Å²) in [7, 11) is 0. The lowest BCUT2D eigenvalue weighted by Gasteiger charge is -2.19. The van der Waals surface area contributed by atoms with Gasteiger partial charge in [-0.2, -0.15) is 5.26 Å². The van der Waals surface area contributed by atoms with Gasteiger partial charge in [0.1, 0.15) is 11.6 Å². The third-order valence-electron chi connectivity index (χ3n) is 11.9. The molecule has 0 unspecified atom stereocenters. The zero-order valence-electron chi connectivity index (χ0n) is 35.5. The first-order chi connectivity index (χ1) is 27.8. The predicted molar refractivity (Wildman–Crippen MR) is 248 cm³/mol. The Balaban J connectivity index is 1.32. The van der Waals surface area contributed by atoms with Gasteiger partial charge in [0.25, 0.3) is 0 Å². The van der Waals surface area contributed by atoms with Gasteiger partial charge in [-0.25, -0.2) is 4.79 Å². The van der Waals surface area contributed by atoms with Crippen molar-refractivity contribution in [2.24, 2.45) is 0 Å². The molecule has 0 saturated heterocycles. The molecule has 3 heterocycles. The molecular weight excluding hydrogens is 731 g/mol. The molecule has 1 N–H and O–H groups in total. The average molecular weight is 790 g/mol. The highest BCUT2D eigenvalue weighted by molar-refractivity contribution is 7.16. The Morgan fingerprint density at radius 3 is 1.72 bits per heavy atom. The number of aryl methyl sites for hydroxylation is 1. The molecule has 7 aromatic rings. The number of hydrogen-bond acceptors (Lipinski definition) is 3. The van der Waals surface area contributed by atoms with E-state index in [4.69, 9.17) is 0 Å². The molecule has 0 radical (unpaired) electrons. The number of hydrogen-bond donors (Lipinski definition) is 1. The summed E-state index contributed by atoms with van der Waals surface area (Å²) in [5, 5.41) is 23.8. The molecule has 5 nitrogen and oxygen atoms in total. The molecule has 0 aliphatic rings. The Hall–Kier alpha value is -5.12. The molecule has 0 aliphatic heterocycles. The maximum atomic E-state index is 11.5. The second kappa shape index (κ2) is 17.0. The van der Waals surface area contributed by atoms with E-state index in [-0.39, 0.29) is 16.4 Å². The van der Waals surface area contributed by atoms with Crippen LogP contribution in [0, 0.1) is 11.3 Å². The molecule has 0 fully saturated rings. The molecule has 0 bridgehead atoms. The lowest BCUT2D eigenvalue weighted by Crippen LogP contribution is -2.10. The number of nitrogens with zero attached hydrogens (tertiary/aromatic N) is 3. The summed E-state index contributed by atoms with van der Waals surface area (Å²) in [5.41, 5.74) is 9.58. The van der Waals surface area contributed by atoms with E-state index < -0.39 is 5.97 Å². The van der Waals surface area contributed by atoms with E-state index in [1.54, 1.807) is 6.07 Å². The number of unbranched alkanes of at least 4 members (excludes halogenated alkanes) is 9. The van der Waals surface area contributed by atoms with Gasteiger partial charge >= 0.3 is 5.97 Å². The van der Waals surface area contributed by atoms with Crippen LogP contribution in [0.4, 0.5) is 0 Å². The smallest absolute Gasteiger partial charge is 0.346 e. The third kappa shape index (κ3) is 8.52. The summed E-state index contributed by atoms with van der Waals surface area (Å²) in [5.74, 6) is -1.21. The minimum Gasteiger partial charge on any atom is -0.477 e. The number of carboxylic acid groups (broad SMARTS) is 1. The number of rotatable bonds is 15. The quantitative estimate of drug-likeness (QED) is 0.0639. The Morgan fingerprint density at radius 1 is 0.655 bits per heavy atom. The second-order valence-electron chi connectivity index (χ2n) is 18.2. The van der Waals surface area contributed by atoms with Crippen molar-refractivity contribution in [3.63, 3.8) is 0 Å². The van der Waals surface area contributed by atoms with Crippen LogP contribution in [0.2, 0.25) is 0 Å². The van der Waals surface area contributed by atoms with Gasteiger partial charge in [-0.05, 0) is 107 Å². The fourth-order valence-electron chi connectivity index (χ4n) is 8.49. The molecule has 0 amide bonds. The highest BCUT2D eigenvalue weighted by atomic mass is 32.1.